The summed E-state index contributed by atoms with van der Waals surface area (Å²) >= 11 is 1.49. The quantitative estimate of drug-likeness (QED) is 0.623. The van der Waals surface area contributed by atoms with Crippen molar-refractivity contribution < 1.29 is 14.3 Å². The van der Waals surface area contributed by atoms with E-state index in [9.17, 15) is 4.79 Å². The van der Waals surface area contributed by atoms with Crippen molar-refractivity contribution in [3.63, 3.8) is 0 Å². The predicted octanol–water partition coefficient (Wildman–Crippen LogP) is 2.39. The van der Waals surface area contributed by atoms with Gasteiger partial charge >= 0.3 is 5.97 Å². The number of carbonyl (C=O) groups is 1. The minimum Gasteiger partial charge on any atom is -0.478 e. The molecule has 0 atom stereocenters. The summed E-state index contributed by atoms with van der Waals surface area (Å²) in [5.41, 5.74) is 2.21. The van der Waals surface area contributed by atoms with Crippen LogP contribution in [-0.2, 0) is 9.53 Å². The highest BCUT2D eigenvalue weighted by molar-refractivity contribution is 7.16. The second-order valence-corrected chi connectivity index (χ2v) is 6.62. The van der Waals surface area contributed by atoms with E-state index in [1.165, 1.54) is 11.3 Å². The van der Waals surface area contributed by atoms with Gasteiger partial charge < -0.3 is 14.8 Å². The first kappa shape index (κ1) is 16.6. The van der Waals surface area contributed by atoms with Crippen molar-refractivity contribution in [3.8, 4) is 5.88 Å². The monoisotopic (exact) mass is 323 g/mol. The molecule has 2 aromatic heterocycles. The minimum absolute atomic E-state index is 0.211. The van der Waals surface area contributed by atoms with Crippen molar-refractivity contribution in [2.24, 2.45) is 0 Å². The van der Waals surface area contributed by atoms with Crippen LogP contribution in [-0.4, -0.2) is 41.2 Å². The minimum atomic E-state index is -0.442. The molecule has 0 spiro atoms. The fourth-order valence-corrected chi connectivity index (χ4v) is 2.41. The maximum atomic E-state index is 11.5. The molecule has 0 bridgehead atoms. The number of carbonyl (C=O) groups excluding carboxylic acids is 1. The van der Waals surface area contributed by atoms with Crippen LogP contribution in [0, 0.1) is 0 Å². The molecule has 2 aromatic rings. The third-order valence-electron chi connectivity index (χ3n) is 2.61. The molecule has 1 N–H and O–H groups in total. The van der Waals surface area contributed by atoms with Crippen LogP contribution < -0.4 is 10.1 Å². The number of ether oxygens (including phenoxy) is 2. The van der Waals surface area contributed by atoms with Gasteiger partial charge in [-0.25, -0.2) is 9.97 Å². The van der Waals surface area contributed by atoms with E-state index in [2.05, 4.69) is 15.3 Å². The molecule has 0 amide bonds. The van der Waals surface area contributed by atoms with Gasteiger partial charge in [0.05, 0.1) is 18.7 Å². The van der Waals surface area contributed by atoms with Crippen LogP contribution >= 0.6 is 11.3 Å². The zero-order chi connectivity index (χ0) is 16.0. The smallest absolute Gasteiger partial charge is 0.320 e. The fraction of sp³-hybridized carbons (Fsp3) is 0.533. The van der Waals surface area contributed by atoms with E-state index in [4.69, 9.17) is 9.47 Å². The number of hydrogen-bond acceptors (Lipinski definition) is 7. The van der Waals surface area contributed by atoms with Crippen LogP contribution in [0.1, 0.15) is 27.2 Å². The molecular formula is C15H21N3O3S. The van der Waals surface area contributed by atoms with Gasteiger partial charge in [-0.3, -0.25) is 4.79 Å². The lowest BCUT2D eigenvalue weighted by molar-refractivity contribution is -0.153. The van der Waals surface area contributed by atoms with Crippen molar-refractivity contribution in [2.45, 2.75) is 32.8 Å². The van der Waals surface area contributed by atoms with Crippen molar-refractivity contribution in [1.82, 2.24) is 15.3 Å². The fourth-order valence-electron chi connectivity index (χ4n) is 1.76. The highest BCUT2D eigenvalue weighted by Gasteiger charge is 2.15. The summed E-state index contributed by atoms with van der Waals surface area (Å²) in [6.45, 7) is 6.99. The van der Waals surface area contributed by atoms with Gasteiger partial charge in [0, 0.05) is 6.07 Å². The molecule has 2 heterocycles. The van der Waals surface area contributed by atoms with Gasteiger partial charge in [-0.05, 0) is 39.8 Å². The van der Waals surface area contributed by atoms with Gasteiger partial charge in [0.2, 0.25) is 5.88 Å². The van der Waals surface area contributed by atoms with Crippen LogP contribution in [0.25, 0.3) is 10.3 Å². The number of rotatable bonds is 7. The summed E-state index contributed by atoms with van der Waals surface area (Å²) in [5.74, 6) is 0.356. The summed E-state index contributed by atoms with van der Waals surface area (Å²) in [7, 11) is 0. The van der Waals surface area contributed by atoms with E-state index in [1.807, 2.05) is 32.9 Å². The first-order valence-corrected chi connectivity index (χ1v) is 8.08. The molecule has 22 heavy (non-hydrogen) atoms. The van der Waals surface area contributed by atoms with Gasteiger partial charge in [-0.1, -0.05) is 0 Å². The molecule has 0 fully saturated rings. The van der Waals surface area contributed by atoms with Crippen LogP contribution in [0.5, 0.6) is 5.88 Å². The third-order valence-corrected chi connectivity index (χ3v) is 3.34. The Morgan fingerprint density at radius 3 is 2.95 bits per heavy atom. The first-order chi connectivity index (χ1) is 10.4. The van der Waals surface area contributed by atoms with Gasteiger partial charge in [-0.2, -0.15) is 0 Å². The molecule has 0 aromatic carbocycles. The standard InChI is InChI=1S/C15H21N3O3S/c1-15(2,3)21-13(19)9-16-7-4-8-20-12-6-5-11-14(18-12)22-10-17-11/h5-6,10,16H,4,7-9H2,1-3H3. The van der Waals surface area contributed by atoms with E-state index in [0.717, 1.165) is 16.8 Å². The average Bonchev–Trinajstić information content (AvgIpc) is 2.88. The average molecular weight is 323 g/mol. The van der Waals surface area contributed by atoms with Gasteiger partial charge in [0.15, 0.2) is 0 Å². The Morgan fingerprint density at radius 2 is 2.18 bits per heavy atom. The predicted molar refractivity (Wildman–Crippen MR) is 86.2 cm³/mol. The lowest BCUT2D eigenvalue weighted by Crippen LogP contribution is -2.32. The number of esters is 1. The van der Waals surface area contributed by atoms with Crippen molar-refractivity contribution >= 4 is 27.7 Å². The lowest BCUT2D eigenvalue weighted by atomic mass is 10.2. The number of hydrogen-bond donors (Lipinski definition) is 1. The van der Waals surface area contributed by atoms with Gasteiger partial charge in [0.1, 0.15) is 15.9 Å². The molecule has 6 nitrogen and oxygen atoms in total. The second-order valence-electron chi connectivity index (χ2n) is 5.79. The molecule has 0 aliphatic carbocycles. The molecule has 0 saturated heterocycles. The number of aromatic nitrogens is 2. The number of pyridine rings is 1. The van der Waals surface area contributed by atoms with E-state index < -0.39 is 5.60 Å². The maximum Gasteiger partial charge on any atom is 0.320 e. The Labute approximate surface area is 133 Å². The Kier molecular flexibility index (Phi) is 5.68. The summed E-state index contributed by atoms with van der Waals surface area (Å²) in [6.07, 6.45) is 0.783. The topological polar surface area (TPSA) is 73.3 Å². The highest BCUT2D eigenvalue weighted by atomic mass is 32.1. The van der Waals surface area contributed by atoms with Crippen LogP contribution in [0.15, 0.2) is 17.6 Å². The van der Waals surface area contributed by atoms with Crippen LogP contribution in [0.4, 0.5) is 0 Å². The molecule has 120 valence electrons. The Morgan fingerprint density at radius 1 is 1.36 bits per heavy atom. The van der Waals surface area contributed by atoms with E-state index in [-0.39, 0.29) is 12.5 Å². The maximum absolute atomic E-state index is 11.5. The molecule has 0 aliphatic heterocycles. The summed E-state index contributed by atoms with van der Waals surface area (Å²) in [4.78, 5) is 20.9. The Hall–Kier alpha value is -1.73. The zero-order valence-electron chi connectivity index (χ0n) is 13.1. The van der Waals surface area contributed by atoms with E-state index in [1.54, 1.807) is 5.51 Å². The van der Waals surface area contributed by atoms with Crippen molar-refractivity contribution in [3.05, 3.63) is 17.6 Å². The van der Waals surface area contributed by atoms with E-state index >= 15 is 0 Å². The van der Waals surface area contributed by atoms with E-state index in [0.29, 0.717) is 19.0 Å². The number of thiazole rings is 1. The SMILES string of the molecule is CC(C)(C)OC(=O)CNCCCOc1ccc2ncsc2n1. The Balaban J connectivity index is 1.60. The second kappa shape index (κ2) is 7.51. The third kappa shape index (κ3) is 5.57. The number of fused-ring (bicyclic) bond motifs is 1. The van der Waals surface area contributed by atoms with Gasteiger partial charge in [0.25, 0.3) is 0 Å². The number of nitrogens with one attached hydrogen (secondary N) is 1. The Bertz CT molecular complexity index is 622. The van der Waals surface area contributed by atoms with Crippen molar-refractivity contribution in [1.29, 1.82) is 0 Å². The van der Waals surface area contributed by atoms with Gasteiger partial charge in [-0.15, -0.1) is 11.3 Å². The summed E-state index contributed by atoms with van der Waals surface area (Å²) in [5, 5.41) is 3.04. The van der Waals surface area contributed by atoms with Crippen molar-refractivity contribution in [2.75, 3.05) is 19.7 Å². The summed E-state index contributed by atoms with van der Waals surface area (Å²) < 4.78 is 10.8. The lowest BCUT2D eigenvalue weighted by Gasteiger charge is -2.19. The molecule has 0 aliphatic rings. The summed E-state index contributed by atoms with van der Waals surface area (Å²) in [6, 6.07) is 3.71. The molecule has 0 unspecified atom stereocenters. The molecule has 2 rings (SSSR count). The zero-order valence-corrected chi connectivity index (χ0v) is 13.9. The molecule has 0 saturated carbocycles. The van der Waals surface area contributed by atoms with Crippen LogP contribution in [0.2, 0.25) is 0 Å². The first-order valence-electron chi connectivity index (χ1n) is 7.20. The highest BCUT2D eigenvalue weighted by Crippen LogP contribution is 2.18. The normalized spacial score (nSPS) is 11.6. The molecular weight excluding hydrogens is 302 g/mol. The number of nitrogens with zero attached hydrogens (tertiary/aromatic N) is 2. The largest absolute Gasteiger partial charge is 0.478 e. The molecule has 7 heteroatoms. The van der Waals surface area contributed by atoms with Crippen LogP contribution in [0.3, 0.4) is 0 Å². The molecule has 0 radical (unpaired) electrons.